The van der Waals surface area contributed by atoms with Gasteiger partial charge in [-0.25, -0.2) is 0 Å². The summed E-state index contributed by atoms with van der Waals surface area (Å²) >= 11 is 6.50. The van der Waals surface area contributed by atoms with E-state index in [2.05, 4.69) is 6.92 Å². The topological polar surface area (TPSA) is 29.5 Å². The van der Waals surface area contributed by atoms with Gasteiger partial charge in [0.2, 0.25) is 5.91 Å². The number of carbonyl (C=O) groups excluding carboxylic acids is 1. The monoisotopic (exact) mass is 311 g/mol. The van der Waals surface area contributed by atoms with E-state index in [-0.39, 0.29) is 12.6 Å². The molecule has 118 valence electrons. The van der Waals surface area contributed by atoms with Gasteiger partial charge in [-0.15, -0.1) is 11.6 Å². The lowest BCUT2D eigenvalue weighted by Gasteiger charge is -2.31. The molecule has 0 unspecified atom stereocenters. The Morgan fingerprint density at radius 2 is 1.81 bits per heavy atom. The number of ether oxygens (including phenoxy) is 1. The van der Waals surface area contributed by atoms with Crippen LogP contribution in [0, 0.1) is 0 Å². The Kier molecular flexibility index (Phi) is 7.76. The molecule has 0 bridgehead atoms. The van der Waals surface area contributed by atoms with Crippen LogP contribution in [0.2, 0.25) is 0 Å². The van der Waals surface area contributed by atoms with Crippen molar-refractivity contribution < 1.29 is 9.53 Å². The number of hydrogen-bond donors (Lipinski definition) is 0. The predicted molar refractivity (Wildman–Crippen MR) is 88.8 cm³/mol. The van der Waals surface area contributed by atoms with Gasteiger partial charge in [-0.1, -0.05) is 45.4 Å². The van der Waals surface area contributed by atoms with E-state index in [0.29, 0.717) is 19.4 Å². The van der Waals surface area contributed by atoms with E-state index in [4.69, 9.17) is 16.3 Å². The first kappa shape index (κ1) is 18.0. The number of carbonyl (C=O) groups is 1. The van der Waals surface area contributed by atoms with Gasteiger partial charge in [0.25, 0.3) is 0 Å². The van der Waals surface area contributed by atoms with Crippen LogP contribution in [0.1, 0.15) is 46.5 Å². The Balaban J connectivity index is 2.89. The van der Waals surface area contributed by atoms with Crippen LogP contribution in [0.4, 0.5) is 5.69 Å². The number of alkyl halides is 1. The number of nitrogens with zero attached hydrogens (tertiary/aromatic N) is 1. The summed E-state index contributed by atoms with van der Waals surface area (Å²) in [5.74, 6) is -0.0862. The van der Waals surface area contributed by atoms with Crippen molar-refractivity contribution in [3.63, 3.8) is 0 Å². The van der Waals surface area contributed by atoms with Gasteiger partial charge >= 0.3 is 0 Å². The van der Waals surface area contributed by atoms with Crippen molar-refractivity contribution in [2.24, 2.45) is 0 Å². The maximum Gasteiger partial charge on any atom is 0.250 e. The van der Waals surface area contributed by atoms with Gasteiger partial charge in [0.05, 0.1) is 0 Å². The van der Waals surface area contributed by atoms with Crippen molar-refractivity contribution in [3.05, 3.63) is 30.3 Å². The number of para-hydroxylation sites is 1. The fourth-order valence-corrected chi connectivity index (χ4v) is 2.16. The molecule has 0 aliphatic rings. The second-order valence-electron chi connectivity index (χ2n) is 5.13. The highest BCUT2D eigenvalue weighted by atomic mass is 35.5. The number of unbranched alkanes of at least 4 members (excludes halogenated alkanes) is 1. The molecular weight excluding hydrogens is 286 g/mol. The first-order valence-electron chi connectivity index (χ1n) is 7.72. The van der Waals surface area contributed by atoms with Gasteiger partial charge in [-0.2, -0.15) is 0 Å². The van der Waals surface area contributed by atoms with Crippen molar-refractivity contribution >= 4 is 23.2 Å². The molecule has 1 amide bonds. The van der Waals surface area contributed by atoms with Crippen LogP contribution in [-0.4, -0.2) is 24.1 Å². The molecule has 1 aromatic rings. The van der Waals surface area contributed by atoms with E-state index in [1.807, 2.05) is 44.2 Å². The van der Waals surface area contributed by atoms with E-state index in [0.717, 1.165) is 18.5 Å². The summed E-state index contributed by atoms with van der Waals surface area (Å²) < 4.78 is 5.64. The zero-order valence-electron chi connectivity index (χ0n) is 13.3. The zero-order valence-corrected chi connectivity index (χ0v) is 14.0. The molecule has 0 fully saturated rings. The Morgan fingerprint density at radius 3 is 2.33 bits per heavy atom. The average Bonchev–Trinajstić information content (AvgIpc) is 2.54. The van der Waals surface area contributed by atoms with E-state index in [1.165, 1.54) is 0 Å². The molecule has 0 radical (unpaired) electrons. The minimum atomic E-state index is -0.857. The molecule has 21 heavy (non-hydrogen) atoms. The lowest BCUT2D eigenvalue weighted by molar-refractivity contribution is -0.122. The van der Waals surface area contributed by atoms with E-state index in [1.54, 1.807) is 4.90 Å². The Morgan fingerprint density at radius 1 is 1.19 bits per heavy atom. The van der Waals surface area contributed by atoms with Crippen LogP contribution in [0.5, 0.6) is 0 Å². The molecule has 1 aromatic carbocycles. The quantitative estimate of drug-likeness (QED) is 0.379. The fraction of sp³-hybridized carbons (Fsp3) is 0.588. The highest BCUT2D eigenvalue weighted by Crippen LogP contribution is 2.29. The number of halogens is 1. The summed E-state index contributed by atoms with van der Waals surface area (Å²) in [7, 11) is 0. The van der Waals surface area contributed by atoms with Crippen molar-refractivity contribution in [2.45, 2.75) is 51.3 Å². The molecule has 0 N–H and O–H groups in total. The van der Waals surface area contributed by atoms with Crippen LogP contribution in [0.25, 0.3) is 0 Å². The Labute approximate surface area is 133 Å². The number of hydrogen-bond acceptors (Lipinski definition) is 2. The van der Waals surface area contributed by atoms with Gasteiger partial charge in [-0.05, 0) is 31.4 Å². The number of anilines is 1. The normalized spacial score (nSPS) is 11.4. The van der Waals surface area contributed by atoms with Crippen molar-refractivity contribution in [1.82, 2.24) is 0 Å². The molecule has 0 spiro atoms. The van der Waals surface area contributed by atoms with Gasteiger partial charge in [0, 0.05) is 12.3 Å². The van der Waals surface area contributed by atoms with Crippen LogP contribution in [0.15, 0.2) is 30.3 Å². The molecule has 0 saturated carbocycles. The molecule has 4 heteroatoms. The third kappa shape index (κ3) is 5.01. The summed E-state index contributed by atoms with van der Waals surface area (Å²) in [6.45, 7) is 6.89. The highest BCUT2D eigenvalue weighted by molar-refractivity contribution is 6.36. The third-order valence-electron chi connectivity index (χ3n) is 3.68. The molecule has 0 heterocycles. The number of rotatable bonds is 9. The van der Waals surface area contributed by atoms with Gasteiger partial charge in [-0.3, -0.25) is 9.69 Å². The van der Waals surface area contributed by atoms with Crippen molar-refractivity contribution in [2.75, 3.05) is 18.2 Å². The second-order valence-corrected chi connectivity index (χ2v) is 5.86. The molecule has 3 nitrogen and oxygen atoms in total. The molecule has 0 aliphatic heterocycles. The minimum Gasteiger partial charge on any atom is -0.361 e. The number of benzene rings is 1. The van der Waals surface area contributed by atoms with Gasteiger partial charge < -0.3 is 4.74 Å². The maximum atomic E-state index is 12.8. The fourth-order valence-electron chi connectivity index (χ4n) is 2.05. The first-order chi connectivity index (χ1) is 10.1. The van der Waals surface area contributed by atoms with Crippen LogP contribution < -0.4 is 4.90 Å². The molecular formula is C17H26ClNO2. The highest BCUT2D eigenvalue weighted by Gasteiger charge is 2.36. The smallest absolute Gasteiger partial charge is 0.250 e. The van der Waals surface area contributed by atoms with E-state index in [9.17, 15) is 4.79 Å². The summed E-state index contributed by atoms with van der Waals surface area (Å²) in [6.07, 6.45) is 3.26. The summed E-state index contributed by atoms with van der Waals surface area (Å²) in [5.41, 5.74) is 0.825. The molecule has 0 aromatic heterocycles. The molecule has 0 saturated heterocycles. The van der Waals surface area contributed by atoms with Gasteiger partial charge in [0.1, 0.15) is 11.6 Å². The van der Waals surface area contributed by atoms with Crippen molar-refractivity contribution in [1.29, 1.82) is 0 Å². The lowest BCUT2D eigenvalue weighted by atomic mass is 10.0. The Hall–Kier alpha value is -1.06. The van der Waals surface area contributed by atoms with E-state index < -0.39 is 4.87 Å². The number of amides is 1. The third-order valence-corrected chi connectivity index (χ3v) is 4.38. The van der Waals surface area contributed by atoms with Gasteiger partial charge in [0.15, 0.2) is 0 Å². The molecule has 0 aliphatic carbocycles. The second kappa shape index (κ2) is 9.06. The standard InChI is InChI=1S/C17H26ClNO2/c1-4-7-13-21-14-19(15-11-9-8-10-12-15)16(20)17(18,5-2)6-3/h8-12H,4-7,13-14H2,1-3H3. The lowest BCUT2D eigenvalue weighted by Crippen LogP contribution is -2.46. The average molecular weight is 312 g/mol. The molecule has 1 rings (SSSR count). The van der Waals surface area contributed by atoms with Crippen molar-refractivity contribution in [3.8, 4) is 0 Å². The SMILES string of the molecule is CCCCOCN(C(=O)C(Cl)(CC)CC)c1ccccc1. The molecule has 0 atom stereocenters. The zero-order chi connectivity index (χ0) is 15.7. The van der Waals surface area contributed by atoms with Crippen LogP contribution in [0.3, 0.4) is 0 Å². The Bertz CT molecular complexity index is 418. The van der Waals surface area contributed by atoms with Crippen LogP contribution in [-0.2, 0) is 9.53 Å². The predicted octanol–water partition coefficient (Wildman–Crippen LogP) is 4.59. The maximum absolute atomic E-state index is 12.8. The summed E-state index contributed by atoms with van der Waals surface area (Å²) in [5, 5.41) is 0. The van der Waals surface area contributed by atoms with E-state index >= 15 is 0 Å². The largest absolute Gasteiger partial charge is 0.361 e. The minimum absolute atomic E-state index is 0.0862. The first-order valence-corrected chi connectivity index (χ1v) is 8.10. The van der Waals surface area contributed by atoms with Crippen LogP contribution >= 0.6 is 11.6 Å². The summed E-state index contributed by atoms with van der Waals surface area (Å²) in [6, 6.07) is 9.57. The summed E-state index contributed by atoms with van der Waals surface area (Å²) in [4.78, 5) is 13.6.